The number of aryl methyl sites for hydroxylation is 4. The van der Waals surface area contributed by atoms with E-state index in [9.17, 15) is 9.59 Å². The van der Waals surface area contributed by atoms with E-state index < -0.39 is 0 Å². The van der Waals surface area contributed by atoms with Gasteiger partial charge in [-0.2, -0.15) is 4.98 Å². The second kappa shape index (κ2) is 8.00. The normalized spacial score (nSPS) is 15.2. The zero-order valence-corrected chi connectivity index (χ0v) is 19.9. The van der Waals surface area contributed by atoms with Gasteiger partial charge < -0.3 is 4.74 Å². The molecule has 33 heavy (non-hydrogen) atoms. The van der Waals surface area contributed by atoms with Crippen LogP contribution >= 0.6 is 0 Å². The summed E-state index contributed by atoms with van der Waals surface area (Å²) in [5.74, 6) is 0.644. The molecule has 0 spiro atoms. The van der Waals surface area contributed by atoms with Crippen molar-refractivity contribution in [3.05, 3.63) is 61.6 Å². The van der Waals surface area contributed by atoms with Crippen LogP contribution in [-0.2, 0) is 18.3 Å². The Bertz CT molecular complexity index is 1500. The molecule has 1 aliphatic heterocycles. The van der Waals surface area contributed by atoms with Crippen molar-refractivity contribution in [1.82, 2.24) is 28.0 Å². The van der Waals surface area contributed by atoms with Crippen molar-refractivity contribution in [2.45, 2.75) is 34.2 Å². The van der Waals surface area contributed by atoms with E-state index in [0.29, 0.717) is 43.2 Å². The fourth-order valence-corrected chi connectivity index (χ4v) is 4.86. The smallest absolute Gasteiger partial charge is 0.332 e. The van der Waals surface area contributed by atoms with Crippen LogP contribution in [0.25, 0.3) is 22.6 Å². The van der Waals surface area contributed by atoms with Crippen LogP contribution in [0.2, 0.25) is 0 Å². The largest absolute Gasteiger partial charge is 0.379 e. The third-order valence-corrected chi connectivity index (χ3v) is 6.86. The zero-order valence-electron chi connectivity index (χ0n) is 19.9. The van der Waals surface area contributed by atoms with Gasteiger partial charge in [0, 0.05) is 44.6 Å². The lowest BCUT2D eigenvalue weighted by Gasteiger charge is -2.26. The Kier molecular flexibility index (Phi) is 5.25. The maximum absolute atomic E-state index is 13.6. The molecule has 9 nitrogen and oxygen atoms in total. The molecule has 0 unspecified atom stereocenters. The summed E-state index contributed by atoms with van der Waals surface area (Å²) in [6.07, 6.45) is 0. The number of hydrogen-bond acceptors (Lipinski definition) is 5. The molecule has 174 valence electrons. The molecule has 0 bridgehead atoms. The van der Waals surface area contributed by atoms with Gasteiger partial charge in [0.15, 0.2) is 11.2 Å². The first-order valence-electron chi connectivity index (χ1n) is 11.4. The lowest BCUT2D eigenvalue weighted by atomic mass is 10.1. The van der Waals surface area contributed by atoms with Crippen LogP contribution in [-0.4, -0.2) is 60.8 Å². The molecule has 3 aromatic heterocycles. The number of hydrogen-bond donors (Lipinski definition) is 0. The third-order valence-electron chi connectivity index (χ3n) is 6.86. The van der Waals surface area contributed by atoms with E-state index in [1.165, 1.54) is 14.7 Å². The summed E-state index contributed by atoms with van der Waals surface area (Å²) in [6, 6.07) is 6.29. The Hall–Kier alpha value is -3.17. The maximum Gasteiger partial charge on any atom is 0.332 e. The van der Waals surface area contributed by atoms with Gasteiger partial charge in [-0.1, -0.05) is 17.7 Å². The molecular weight excluding hydrogens is 420 g/mol. The Labute approximate surface area is 191 Å². The summed E-state index contributed by atoms with van der Waals surface area (Å²) >= 11 is 0. The van der Waals surface area contributed by atoms with Gasteiger partial charge in [0.05, 0.1) is 18.9 Å². The monoisotopic (exact) mass is 450 g/mol. The number of aromatic nitrogens is 5. The summed E-state index contributed by atoms with van der Waals surface area (Å²) < 4.78 is 12.2. The summed E-state index contributed by atoms with van der Waals surface area (Å²) in [7, 11) is 1.69. The molecular formula is C24H30N6O3. The average molecular weight is 451 g/mol. The van der Waals surface area contributed by atoms with Crippen LogP contribution in [0.15, 0.2) is 27.8 Å². The highest BCUT2D eigenvalue weighted by atomic mass is 16.5. The Morgan fingerprint density at radius 3 is 2.42 bits per heavy atom. The molecule has 0 amide bonds. The molecule has 0 saturated carbocycles. The van der Waals surface area contributed by atoms with E-state index in [0.717, 1.165) is 35.7 Å². The minimum atomic E-state index is -0.339. The van der Waals surface area contributed by atoms with E-state index in [2.05, 4.69) is 41.5 Å². The standard InChI is InChI=1S/C24H30N6O3/c1-15-6-7-19(16(2)14-15)29-17(3)18(4)30-20-21(25-23(29)30)26(5)24(32)28(22(20)31)9-8-27-10-12-33-13-11-27/h6-7,14H,8-13H2,1-5H3. The van der Waals surface area contributed by atoms with Gasteiger partial charge >= 0.3 is 5.69 Å². The highest BCUT2D eigenvalue weighted by Gasteiger charge is 2.24. The second-order valence-electron chi connectivity index (χ2n) is 8.97. The number of ether oxygens (including phenoxy) is 1. The molecule has 4 aromatic rings. The Morgan fingerprint density at radius 2 is 1.73 bits per heavy atom. The van der Waals surface area contributed by atoms with E-state index in [1.54, 1.807) is 7.05 Å². The highest BCUT2D eigenvalue weighted by molar-refractivity contribution is 5.77. The molecule has 0 atom stereocenters. The molecule has 1 fully saturated rings. The van der Waals surface area contributed by atoms with Crippen LogP contribution in [0.1, 0.15) is 22.5 Å². The molecule has 0 N–H and O–H groups in total. The van der Waals surface area contributed by atoms with Gasteiger partial charge in [-0.3, -0.25) is 27.8 Å². The Balaban J connectivity index is 1.72. The van der Waals surface area contributed by atoms with Crippen LogP contribution in [0, 0.1) is 27.7 Å². The van der Waals surface area contributed by atoms with Gasteiger partial charge in [-0.05, 0) is 39.3 Å². The predicted octanol–water partition coefficient (Wildman–Crippen LogP) is 1.70. The quantitative estimate of drug-likeness (QED) is 0.473. The Morgan fingerprint density at radius 1 is 1.00 bits per heavy atom. The highest BCUT2D eigenvalue weighted by Crippen LogP contribution is 2.26. The van der Waals surface area contributed by atoms with Crippen molar-refractivity contribution in [2.24, 2.45) is 7.05 Å². The summed E-state index contributed by atoms with van der Waals surface area (Å²) in [4.78, 5) is 33.7. The van der Waals surface area contributed by atoms with Gasteiger partial charge in [-0.25, -0.2) is 4.79 Å². The van der Waals surface area contributed by atoms with Gasteiger partial charge in [0.25, 0.3) is 5.56 Å². The van der Waals surface area contributed by atoms with Crippen molar-refractivity contribution in [3.8, 4) is 5.69 Å². The van der Waals surface area contributed by atoms with E-state index >= 15 is 0 Å². The SMILES string of the molecule is Cc1ccc(-n2c(C)c(C)n3c4c(=O)n(CCN5CCOCC5)c(=O)n(C)c4nc23)c(C)c1. The molecule has 4 heterocycles. The van der Waals surface area contributed by atoms with Crippen molar-refractivity contribution in [3.63, 3.8) is 0 Å². The fraction of sp³-hybridized carbons (Fsp3) is 0.458. The number of nitrogens with zero attached hydrogens (tertiary/aromatic N) is 6. The second-order valence-corrected chi connectivity index (χ2v) is 8.97. The topological polar surface area (TPSA) is 78.7 Å². The van der Waals surface area contributed by atoms with Gasteiger partial charge in [-0.15, -0.1) is 0 Å². The molecule has 5 rings (SSSR count). The predicted molar refractivity (Wildman–Crippen MR) is 128 cm³/mol. The molecule has 9 heteroatoms. The van der Waals surface area contributed by atoms with Crippen LogP contribution in [0.4, 0.5) is 0 Å². The fourth-order valence-electron chi connectivity index (χ4n) is 4.86. The van der Waals surface area contributed by atoms with E-state index in [-0.39, 0.29) is 11.2 Å². The number of rotatable bonds is 4. The van der Waals surface area contributed by atoms with Crippen molar-refractivity contribution in [2.75, 3.05) is 32.8 Å². The molecule has 1 aromatic carbocycles. The van der Waals surface area contributed by atoms with E-state index in [4.69, 9.17) is 9.72 Å². The van der Waals surface area contributed by atoms with Crippen LogP contribution in [0.3, 0.4) is 0 Å². The molecule has 0 radical (unpaired) electrons. The first-order chi connectivity index (χ1) is 15.8. The van der Waals surface area contributed by atoms with Crippen LogP contribution < -0.4 is 11.2 Å². The number of morpholine rings is 1. The minimum absolute atomic E-state index is 0.297. The van der Waals surface area contributed by atoms with Crippen molar-refractivity contribution in [1.29, 1.82) is 0 Å². The van der Waals surface area contributed by atoms with E-state index in [1.807, 2.05) is 18.2 Å². The zero-order chi connectivity index (χ0) is 23.4. The summed E-state index contributed by atoms with van der Waals surface area (Å²) in [5.41, 5.74) is 5.49. The molecule has 0 aliphatic carbocycles. The van der Waals surface area contributed by atoms with Crippen molar-refractivity contribution >= 4 is 16.9 Å². The van der Waals surface area contributed by atoms with Crippen LogP contribution in [0.5, 0.6) is 0 Å². The number of fused-ring (bicyclic) bond motifs is 3. The molecule has 1 aliphatic rings. The molecule has 1 saturated heterocycles. The maximum atomic E-state index is 13.6. The third kappa shape index (κ3) is 3.34. The number of imidazole rings is 2. The van der Waals surface area contributed by atoms with Crippen molar-refractivity contribution < 1.29 is 4.74 Å². The minimum Gasteiger partial charge on any atom is -0.379 e. The summed E-state index contributed by atoms with van der Waals surface area (Å²) in [5, 5.41) is 0. The van der Waals surface area contributed by atoms with Gasteiger partial charge in [0.2, 0.25) is 5.78 Å². The number of benzene rings is 1. The van der Waals surface area contributed by atoms with Gasteiger partial charge in [0.1, 0.15) is 0 Å². The first-order valence-corrected chi connectivity index (χ1v) is 11.4. The average Bonchev–Trinajstić information content (AvgIpc) is 3.29. The lowest BCUT2D eigenvalue weighted by molar-refractivity contribution is 0.0361. The first kappa shape index (κ1) is 21.7. The summed E-state index contributed by atoms with van der Waals surface area (Å²) in [6.45, 7) is 12.1. The lowest BCUT2D eigenvalue weighted by Crippen LogP contribution is -2.44.